The van der Waals surface area contributed by atoms with Crippen LogP contribution in [0.2, 0.25) is 10.0 Å². The quantitative estimate of drug-likeness (QED) is 0.896. The number of hydrogen-bond acceptors (Lipinski definition) is 2. The van der Waals surface area contributed by atoms with E-state index in [0.717, 1.165) is 5.69 Å². The maximum atomic E-state index is 12.1. The van der Waals surface area contributed by atoms with E-state index < -0.39 is 0 Å². The molecule has 1 aromatic heterocycles. The molecule has 0 fully saturated rings. The predicted molar refractivity (Wildman–Crippen MR) is 77.1 cm³/mol. The van der Waals surface area contributed by atoms with Gasteiger partial charge in [-0.05, 0) is 18.1 Å². The first-order valence-corrected chi connectivity index (χ1v) is 6.55. The molecule has 0 radical (unpaired) electrons. The second-order valence-corrected chi connectivity index (χ2v) is 5.20. The molecule has 0 aliphatic rings. The van der Waals surface area contributed by atoms with Gasteiger partial charge < -0.3 is 5.32 Å². The van der Waals surface area contributed by atoms with Crippen LogP contribution in [-0.4, -0.2) is 16.1 Å². The van der Waals surface area contributed by atoms with Gasteiger partial charge in [-0.2, -0.15) is 5.10 Å². The highest BCUT2D eigenvalue weighted by atomic mass is 35.5. The summed E-state index contributed by atoms with van der Waals surface area (Å²) in [7, 11) is 0. The number of aromatic nitrogens is 2. The summed E-state index contributed by atoms with van der Waals surface area (Å²) in [6.45, 7) is 4.07. The van der Waals surface area contributed by atoms with Crippen LogP contribution < -0.4 is 5.32 Å². The molecule has 0 spiro atoms. The molecule has 100 valence electrons. The molecule has 6 heteroatoms. The minimum absolute atomic E-state index is 0.237. The highest BCUT2D eigenvalue weighted by molar-refractivity contribution is 6.44. The number of nitrogens with one attached hydrogen (secondary N) is 2. The summed E-state index contributed by atoms with van der Waals surface area (Å²) in [5.41, 5.74) is 1.27. The Morgan fingerprint density at radius 2 is 2.11 bits per heavy atom. The third-order valence-corrected chi connectivity index (χ3v) is 3.48. The topological polar surface area (TPSA) is 57.8 Å². The van der Waals surface area contributed by atoms with E-state index in [1.54, 1.807) is 24.3 Å². The number of carbonyl (C=O) groups is 1. The van der Waals surface area contributed by atoms with Crippen LogP contribution in [0, 0.1) is 0 Å². The fraction of sp³-hybridized carbons (Fsp3) is 0.231. The van der Waals surface area contributed by atoms with Gasteiger partial charge in [0.15, 0.2) is 5.82 Å². The lowest BCUT2D eigenvalue weighted by Crippen LogP contribution is -2.12. The van der Waals surface area contributed by atoms with Gasteiger partial charge in [0.1, 0.15) is 0 Å². The largest absolute Gasteiger partial charge is 0.305 e. The highest BCUT2D eigenvalue weighted by Crippen LogP contribution is 2.26. The maximum Gasteiger partial charge on any atom is 0.258 e. The molecule has 1 heterocycles. The Labute approximate surface area is 121 Å². The Balaban J connectivity index is 2.18. The van der Waals surface area contributed by atoms with Gasteiger partial charge in [-0.1, -0.05) is 43.1 Å². The zero-order valence-corrected chi connectivity index (χ0v) is 12.0. The second-order valence-electron chi connectivity index (χ2n) is 4.42. The Morgan fingerprint density at radius 3 is 2.74 bits per heavy atom. The van der Waals surface area contributed by atoms with Crippen LogP contribution in [0.3, 0.4) is 0 Å². The molecule has 0 atom stereocenters. The van der Waals surface area contributed by atoms with Crippen LogP contribution >= 0.6 is 23.2 Å². The SMILES string of the molecule is CC(C)c1cc(NC(=O)c2cccc(Cl)c2Cl)n[nH]1. The fourth-order valence-corrected chi connectivity index (χ4v) is 1.95. The molecule has 2 N–H and O–H groups in total. The Kier molecular flexibility index (Phi) is 4.12. The zero-order chi connectivity index (χ0) is 14.0. The summed E-state index contributed by atoms with van der Waals surface area (Å²) >= 11 is 11.9. The van der Waals surface area contributed by atoms with E-state index >= 15 is 0 Å². The summed E-state index contributed by atoms with van der Waals surface area (Å²) < 4.78 is 0. The molecule has 2 rings (SSSR count). The normalized spacial score (nSPS) is 10.8. The molecule has 1 amide bonds. The lowest BCUT2D eigenvalue weighted by molar-refractivity contribution is 0.102. The summed E-state index contributed by atoms with van der Waals surface area (Å²) in [5.74, 6) is 0.437. The van der Waals surface area contributed by atoms with E-state index in [-0.39, 0.29) is 10.9 Å². The molecule has 0 saturated heterocycles. The molecule has 2 aromatic rings. The summed E-state index contributed by atoms with van der Waals surface area (Å²) in [4.78, 5) is 12.1. The van der Waals surface area contributed by atoms with E-state index in [1.807, 2.05) is 13.8 Å². The van der Waals surface area contributed by atoms with Crippen molar-refractivity contribution in [2.24, 2.45) is 0 Å². The van der Waals surface area contributed by atoms with Crippen molar-refractivity contribution in [3.8, 4) is 0 Å². The molecule has 1 aromatic carbocycles. The molecule has 0 aliphatic carbocycles. The van der Waals surface area contributed by atoms with Crippen LogP contribution in [0.4, 0.5) is 5.82 Å². The van der Waals surface area contributed by atoms with E-state index in [2.05, 4.69) is 15.5 Å². The van der Waals surface area contributed by atoms with Crippen molar-refractivity contribution in [2.45, 2.75) is 19.8 Å². The molecule has 0 aliphatic heterocycles. The lowest BCUT2D eigenvalue weighted by atomic mass is 10.1. The third kappa shape index (κ3) is 3.08. The average molecular weight is 298 g/mol. The van der Waals surface area contributed by atoms with E-state index in [0.29, 0.717) is 22.3 Å². The smallest absolute Gasteiger partial charge is 0.258 e. The van der Waals surface area contributed by atoms with E-state index in [1.165, 1.54) is 0 Å². The maximum absolute atomic E-state index is 12.1. The van der Waals surface area contributed by atoms with Crippen molar-refractivity contribution in [1.82, 2.24) is 10.2 Å². The minimum atomic E-state index is -0.339. The number of benzene rings is 1. The number of aromatic amines is 1. The zero-order valence-electron chi connectivity index (χ0n) is 10.5. The van der Waals surface area contributed by atoms with Gasteiger partial charge in [0.2, 0.25) is 0 Å². The molecular formula is C13H13Cl2N3O. The first-order chi connectivity index (χ1) is 8.99. The van der Waals surface area contributed by atoms with Gasteiger partial charge in [-0.3, -0.25) is 9.89 Å². The van der Waals surface area contributed by atoms with Crippen molar-refractivity contribution in [2.75, 3.05) is 5.32 Å². The van der Waals surface area contributed by atoms with Gasteiger partial charge in [-0.15, -0.1) is 0 Å². The van der Waals surface area contributed by atoms with Gasteiger partial charge in [0, 0.05) is 11.8 Å². The summed E-state index contributed by atoms with van der Waals surface area (Å²) in [6.07, 6.45) is 0. The number of rotatable bonds is 3. The minimum Gasteiger partial charge on any atom is -0.305 e. The van der Waals surface area contributed by atoms with Crippen molar-refractivity contribution in [3.05, 3.63) is 45.6 Å². The Bertz CT molecular complexity index is 608. The predicted octanol–water partition coefficient (Wildman–Crippen LogP) is 4.09. The van der Waals surface area contributed by atoms with Gasteiger partial charge >= 0.3 is 0 Å². The monoisotopic (exact) mass is 297 g/mol. The fourth-order valence-electron chi connectivity index (χ4n) is 1.56. The number of amides is 1. The van der Waals surface area contributed by atoms with Gasteiger partial charge in [-0.25, -0.2) is 0 Å². The Hall–Kier alpha value is -1.52. The van der Waals surface area contributed by atoms with Crippen molar-refractivity contribution in [1.29, 1.82) is 0 Å². The van der Waals surface area contributed by atoms with Crippen LogP contribution in [-0.2, 0) is 0 Å². The number of nitrogens with zero attached hydrogens (tertiary/aromatic N) is 1. The molecule has 0 saturated carbocycles. The number of halogens is 2. The van der Waals surface area contributed by atoms with E-state index in [4.69, 9.17) is 23.2 Å². The first-order valence-electron chi connectivity index (χ1n) is 5.79. The lowest BCUT2D eigenvalue weighted by Gasteiger charge is -2.05. The van der Waals surface area contributed by atoms with Gasteiger partial charge in [0.05, 0.1) is 15.6 Å². The van der Waals surface area contributed by atoms with Crippen molar-refractivity contribution in [3.63, 3.8) is 0 Å². The number of anilines is 1. The summed E-state index contributed by atoms with van der Waals surface area (Å²) in [5, 5.41) is 10.1. The number of hydrogen-bond donors (Lipinski definition) is 2. The second kappa shape index (κ2) is 5.63. The van der Waals surface area contributed by atoms with Crippen LogP contribution in [0.5, 0.6) is 0 Å². The molecular weight excluding hydrogens is 285 g/mol. The third-order valence-electron chi connectivity index (χ3n) is 2.66. The van der Waals surface area contributed by atoms with Crippen molar-refractivity contribution >= 4 is 34.9 Å². The van der Waals surface area contributed by atoms with Crippen molar-refractivity contribution < 1.29 is 4.79 Å². The van der Waals surface area contributed by atoms with E-state index in [9.17, 15) is 4.79 Å². The molecule has 0 bridgehead atoms. The highest BCUT2D eigenvalue weighted by Gasteiger charge is 2.14. The number of carbonyl (C=O) groups excluding carboxylic acids is 1. The first kappa shape index (κ1) is 13.9. The molecule has 4 nitrogen and oxygen atoms in total. The van der Waals surface area contributed by atoms with Crippen LogP contribution in [0.1, 0.15) is 35.8 Å². The molecule has 0 unspecified atom stereocenters. The summed E-state index contributed by atoms with van der Waals surface area (Å²) in [6, 6.07) is 6.71. The van der Waals surface area contributed by atoms with Crippen LogP contribution in [0.25, 0.3) is 0 Å². The Morgan fingerprint density at radius 1 is 1.37 bits per heavy atom. The number of H-pyrrole nitrogens is 1. The van der Waals surface area contributed by atoms with Crippen LogP contribution in [0.15, 0.2) is 24.3 Å². The molecule has 19 heavy (non-hydrogen) atoms. The standard InChI is InChI=1S/C13H13Cl2N3O/c1-7(2)10-6-11(18-17-10)16-13(19)8-4-3-5-9(14)12(8)15/h3-7H,1-2H3,(H2,16,17,18,19). The van der Waals surface area contributed by atoms with Gasteiger partial charge in [0.25, 0.3) is 5.91 Å². The average Bonchev–Trinajstić information content (AvgIpc) is 2.81.